The van der Waals surface area contributed by atoms with Gasteiger partial charge in [-0.05, 0) is 42.5 Å². The molecule has 0 aliphatic carbocycles. The van der Waals surface area contributed by atoms with Gasteiger partial charge in [-0.3, -0.25) is 4.79 Å². The number of halogens is 1. The molecule has 0 saturated carbocycles. The van der Waals surface area contributed by atoms with Crippen molar-refractivity contribution in [2.45, 2.75) is 0 Å². The van der Waals surface area contributed by atoms with Gasteiger partial charge in [0.1, 0.15) is 0 Å². The third kappa shape index (κ3) is 3.00. The highest BCUT2D eigenvalue weighted by Crippen LogP contribution is 2.28. The van der Waals surface area contributed by atoms with Crippen molar-refractivity contribution in [2.75, 3.05) is 0 Å². The highest BCUT2D eigenvalue weighted by molar-refractivity contribution is 6.35. The maximum atomic E-state index is 13.1. The molecule has 1 aromatic heterocycles. The first-order chi connectivity index (χ1) is 13.1. The van der Waals surface area contributed by atoms with Crippen LogP contribution in [-0.4, -0.2) is 21.4 Å². The molecule has 27 heavy (non-hydrogen) atoms. The van der Waals surface area contributed by atoms with Crippen LogP contribution in [0.3, 0.4) is 0 Å². The lowest BCUT2D eigenvalue weighted by Gasteiger charge is -2.05. The Bertz CT molecular complexity index is 1180. The summed E-state index contributed by atoms with van der Waals surface area (Å²) < 4.78 is 1.88. The lowest BCUT2D eigenvalue weighted by atomic mass is 10.0. The molecule has 0 fully saturated rings. The smallest absolute Gasteiger partial charge is 0.335 e. The molecule has 0 saturated heterocycles. The van der Waals surface area contributed by atoms with Crippen LogP contribution in [0, 0.1) is 0 Å². The number of fused-ring (bicyclic) bond motifs is 1. The van der Waals surface area contributed by atoms with Crippen molar-refractivity contribution in [3.05, 3.63) is 101 Å². The number of benzene rings is 3. The quantitative estimate of drug-likeness (QED) is 0.498. The first-order valence-electron chi connectivity index (χ1n) is 8.29. The second kappa shape index (κ2) is 6.74. The minimum atomic E-state index is -0.978. The number of carbonyl (C=O) groups excluding carboxylic acids is 1. The Balaban J connectivity index is 1.88. The van der Waals surface area contributed by atoms with Crippen molar-refractivity contribution in [1.29, 1.82) is 0 Å². The van der Waals surface area contributed by atoms with Crippen LogP contribution >= 0.6 is 11.6 Å². The molecule has 3 aromatic carbocycles. The first kappa shape index (κ1) is 17.1. The molecule has 0 aliphatic heterocycles. The van der Waals surface area contributed by atoms with Gasteiger partial charge in [0.05, 0.1) is 16.1 Å². The average Bonchev–Trinajstić information content (AvgIpc) is 3.08. The van der Waals surface area contributed by atoms with Crippen LogP contribution in [0.2, 0.25) is 5.02 Å². The summed E-state index contributed by atoms with van der Waals surface area (Å²) in [6.07, 6.45) is 1.77. The normalized spacial score (nSPS) is 10.9. The molecule has 0 spiro atoms. The number of carboxylic acid groups (broad SMARTS) is 1. The van der Waals surface area contributed by atoms with Crippen LogP contribution in [0.5, 0.6) is 0 Å². The molecule has 0 amide bonds. The third-order valence-corrected chi connectivity index (χ3v) is 4.80. The van der Waals surface area contributed by atoms with E-state index in [1.54, 1.807) is 54.7 Å². The summed E-state index contributed by atoms with van der Waals surface area (Å²) in [5, 5.41) is 10.3. The highest BCUT2D eigenvalue weighted by atomic mass is 35.5. The monoisotopic (exact) mass is 375 g/mol. The van der Waals surface area contributed by atoms with Gasteiger partial charge in [-0.1, -0.05) is 41.9 Å². The van der Waals surface area contributed by atoms with Gasteiger partial charge < -0.3 is 9.67 Å². The Kier molecular flexibility index (Phi) is 4.26. The van der Waals surface area contributed by atoms with Gasteiger partial charge in [0.2, 0.25) is 0 Å². The average molecular weight is 376 g/mol. The second-order valence-corrected chi connectivity index (χ2v) is 6.50. The number of hydrogen-bond donors (Lipinski definition) is 1. The van der Waals surface area contributed by atoms with E-state index < -0.39 is 5.97 Å². The topological polar surface area (TPSA) is 59.3 Å². The summed E-state index contributed by atoms with van der Waals surface area (Å²) in [7, 11) is 0. The molecule has 1 N–H and O–H groups in total. The standard InChI is InChI=1S/C22H14ClNO3/c23-19-7-3-1-6-17(19)21(25)18-13-24(20-8-4-2-5-16(18)20)15-11-9-14(10-12-15)22(26)27/h1-13H,(H,26,27). The fourth-order valence-electron chi connectivity index (χ4n) is 3.13. The molecule has 5 heteroatoms. The first-order valence-corrected chi connectivity index (χ1v) is 8.67. The number of ketones is 1. The number of nitrogens with zero attached hydrogens (tertiary/aromatic N) is 1. The maximum absolute atomic E-state index is 13.1. The predicted octanol–water partition coefficient (Wildman–Crippen LogP) is 5.21. The van der Waals surface area contributed by atoms with Gasteiger partial charge in [0, 0.05) is 28.4 Å². The van der Waals surface area contributed by atoms with Crippen molar-refractivity contribution in [1.82, 2.24) is 4.57 Å². The molecule has 0 unspecified atom stereocenters. The molecule has 0 bridgehead atoms. The van der Waals surface area contributed by atoms with Gasteiger partial charge in [-0.25, -0.2) is 4.79 Å². The van der Waals surface area contributed by atoms with E-state index in [1.807, 2.05) is 28.8 Å². The van der Waals surface area contributed by atoms with Crippen molar-refractivity contribution in [3.63, 3.8) is 0 Å². The fourth-order valence-corrected chi connectivity index (χ4v) is 3.35. The number of hydrogen-bond acceptors (Lipinski definition) is 2. The van der Waals surface area contributed by atoms with E-state index in [0.717, 1.165) is 16.6 Å². The molecular formula is C22H14ClNO3. The van der Waals surface area contributed by atoms with Gasteiger partial charge in [-0.15, -0.1) is 0 Å². The van der Waals surface area contributed by atoms with Crippen LogP contribution in [0.4, 0.5) is 0 Å². The Labute approximate surface area is 160 Å². The minimum absolute atomic E-state index is 0.155. The van der Waals surface area contributed by atoms with E-state index >= 15 is 0 Å². The van der Waals surface area contributed by atoms with Gasteiger partial charge in [0.15, 0.2) is 5.78 Å². The van der Waals surface area contributed by atoms with Crippen LogP contribution in [0.1, 0.15) is 26.3 Å². The molecule has 1 heterocycles. The van der Waals surface area contributed by atoms with Gasteiger partial charge >= 0.3 is 5.97 Å². The summed E-state index contributed by atoms with van der Waals surface area (Å²) in [6.45, 7) is 0. The SMILES string of the molecule is O=C(O)c1ccc(-n2cc(C(=O)c3ccccc3Cl)c3ccccc32)cc1. The van der Waals surface area contributed by atoms with Crippen molar-refractivity contribution in [3.8, 4) is 5.69 Å². The number of rotatable bonds is 4. The molecule has 4 rings (SSSR count). The molecule has 132 valence electrons. The van der Waals surface area contributed by atoms with Gasteiger partial charge in [0.25, 0.3) is 0 Å². The lowest BCUT2D eigenvalue weighted by molar-refractivity contribution is 0.0696. The van der Waals surface area contributed by atoms with Crippen LogP contribution in [0.25, 0.3) is 16.6 Å². The Morgan fingerprint density at radius 1 is 0.815 bits per heavy atom. The molecular weight excluding hydrogens is 362 g/mol. The van der Waals surface area contributed by atoms with Crippen LogP contribution < -0.4 is 0 Å². The van der Waals surface area contributed by atoms with E-state index in [2.05, 4.69) is 0 Å². The van der Waals surface area contributed by atoms with Gasteiger partial charge in [-0.2, -0.15) is 0 Å². The molecule has 4 nitrogen and oxygen atoms in total. The van der Waals surface area contributed by atoms with Crippen LogP contribution in [-0.2, 0) is 0 Å². The van der Waals surface area contributed by atoms with E-state index in [1.165, 1.54) is 0 Å². The molecule has 0 atom stereocenters. The van der Waals surface area contributed by atoms with Crippen molar-refractivity contribution < 1.29 is 14.7 Å². The molecule has 0 radical (unpaired) electrons. The second-order valence-electron chi connectivity index (χ2n) is 6.09. The van der Waals surface area contributed by atoms with E-state index in [0.29, 0.717) is 16.1 Å². The summed E-state index contributed by atoms with van der Waals surface area (Å²) in [4.78, 5) is 24.2. The van der Waals surface area contributed by atoms with E-state index in [-0.39, 0.29) is 11.3 Å². The largest absolute Gasteiger partial charge is 0.478 e. The summed E-state index contributed by atoms with van der Waals surface area (Å²) in [6, 6.07) is 21.1. The maximum Gasteiger partial charge on any atom is 0.335 e. The Morgan fingerprint density at radius 2 is 1.48 bits per heavy atom. The zero-order valence-electron chi connectivity index (χ0n) is 14.1. The Hall–Kier alpha value is -3.37. The van der Waals surface area contributed by atoms with Crippen molar-refractivity contribution in [2.24, 2.45) is 0 Å². The minimum Gasteiger partial charge on any atom is -0.478 e. The Morgan fingerprint density at radius 3 is 2.19 bits per heavy atom. The molecule has 4 aromatic rings. The van der Waals surface area contributed by atoms with E-state index in [4.69, 9.17) is 16.7 Å². The number of aromatic carboxylic acids is 1. The fraction of sp³-hybridized carbons (Fsp3) is 0. The lowest BCUT2D eigenvalue weighted by Crippen LogP contribution is -2.01. The third-order valence-electron chi connectivity index (χ3n) is 4.47. The highest BCUT2D eigenvalue weighted by Gasteiger charge is 2.19. The zero-order chi connectivity index (χ0) is 19.0. The number of carbonyl (C=O) groups is 2. The predicted molar refractivity (Wildman–Crippen MR) is 105 cm³/mol. The number of para-hydroxylation sites is 1. The molecule has 0 aliphatic rings. The summed E-state index contributed by atoms with van der Waals surface area (Å²) >= 11 is 6.21. The van der Waals surface area contributed by atoms with Crippen LogP contribution in [0.15, 0.2) is 79.0 Å². The summed E-state index contributed by atoms with van der Waals surface area (Å²) in [5.74, 6) is -1.13. The number of carboxylic acids is 1. The van der Waals surface area contributed by atoms with E-state index in [9.17, 15) is 9.59 Å². The summed E-state index contributed by atoms with van der Waals surface area (Å²) in [5.41, 5.74) is 2.83. The zero-order valence-corrected chi connectivity index (χ0v) is 14.9. The van der Waals surface area contributed by atoms with Crippen molar-refractivity contribution >= 4 is 34.3 Å². The number of aromatic nitrogens is 1.